The summed E-state index contributed by atoms with van der Waals surface area (Å²) in [6.07, 6.45) is 0. The van der Waals surface area contributed by atoms with Crippen molar-refractivity contribution in [1.29, 1.82) is 0 Å². The van der Waals surface area contributed by atoms with Gasteiger partial charge in [-0.15, -0.1) is 0 Å². The van der Waals surface area contributed by atoms with Gasteiger partial charge in [-0.2, -0.15) is 0 Å². The smallest absolute Gasteiger partial charge is 0.339 e. The fourth-order valence-corrected chi connectivity index (χ4v) is 3.69. The number of rotatable bonds is 5. The van der Waals surface area contributed by atoms with Gasteiger partial charge in [0.15, 0.2) is 0 Å². The van der Waals surface area contributed by atoms with E-state index in [0.29, 0.717) is 22.5 Å². The predicted molar refractivity (Wildman–Crippen MR) is 124 cm³/mol. The van der Waals surface area contributed by atoms with Gasteiger partial charge in [0, 0.05) is 10.9 Å². The highest BCUT2D eigenvalue weighted by atomic mass is 16.5. The first-order valence-corrected chi connectivity index (χ1v) is 10.1. The molecule has 1 amide bonds. The van der Waals surface area contributed by atoms with E-state index in [0.717, 1.165) is 22.3 Å². The first kappa shape index (κ1) is 21.1. The van der Waals surface area contributed by atoms with Crippen LogP contribution in [-0.2, 0) is 4.74 Å². The number of carbonyl (C=O) groups excluding carboxylic acids is 2. The van der Waals surface area contributed by atoms with Crippen molar-refractivity contribution in [3.05, 3.63) is 89.5 Å². The normalized spacial score (nSPS) is 10.6. The van der Waals surface area contributed by atoms with Crippen molar-refractivity contribution in [1.82, 2.24) is 4.98 Å². The zero-order valence-electron chi connectivity index (χ0n) is 18.0. The number of esters is 1. The number of methoxy groups -OCH3 is 2. The first-order valence-electron chi connectivity index (χ1n) is 10.1. The lowest BCUT2D eigenvalue weighted by molar-refractivity contribution is 0.0602. The van der Waals surface area contributed by atoms with E-state index < -0.39 is 5.97 Å². The quantitative estimate of drug-likeness (QED) is 0.441. The van der Waals surface area contributed by atoms with Gasteiger partial charge in [-0.1, -0.05) is 30.3 Å². The minimum absolute atomic E-state index is 0.287. The molecule has 6 heteroatoms. The molecule has 0 aliphatic heterocycles. The lowest BCUT2D eigenvalue weighted by Crippen LogP contribution is -2.17. The molecule has 0 aliphatic carbocycles. The van der Waals surface area contributed by atoms with E-state index in [9.17, 15) is 9.59 Å². The molecule has 0 atom stereocenters. The average molecular weight is 426 g/mol. The van der Waals surface area contributed by atoms with Crippen LogP contribution in [0.4, 0.5) is 5.69 Å². The Labute approximate surface area is 185 Å². The van der Waals surface area contributed by atoms with Crippen LogP contribution >= 0.6 is 0 Å². The largest absolute Gasteiger partial charge is 0.497 e. The molecule has 0 saturated carbocycles. The second-order valence-electron chi connectivity index (χ2n) is 7.20. The molecule has 0 bridgehead atoms. The van der Waals surface area contributed by atoms with E-state index in [-0.39, 0.29) is 11.5 Å². The Morgan fingerprint density at radius 2 is 1.56 bits per heavy atom. The molecule has 0 unspecified atom stereocenters. The number of hydrogen-bond acceptors (Lipinski definition) is 5. The lowest BCUT2D eigenvalue weighted by atomic mass is 9.97. The van der Waals surface area contributed by atoms with Crippen molar-refractivity contribution in [2.45, 2.75) is 6.92 Å². The van der Waals surface area contributed by atoms with Crippen molar-refractivity contribution in [3.63, 3.8) is 0 Å². The van der Waals surface area contributed by atoms with Crippen molar-refractivity contribution >= 4 is 28.5 Å². The third-order valence-corrected chi connectivity index (χ3v) is 5.31. The van der Waals surface area contributed by atoms with Crippen LogP contribution in [0.3, 0.4) is 0 Å². The Morgan fingerprint density at radius 3 is 2.28 bits per heavy atom. The van der Waals surface area contributed by atoms with Crippen LogP contribution in [0.15, 0.2) is 72.8 Å². The lowest BCUT2D eigenvalue weighted by Gasteiger charge is -2.16. The number of hydrogen-bond donors (Lipinski definition) is 1. The standard InChI is InChI=1S/C26H22N2O4/c1-16-23(25(29)28-22-11-7-5-9-20(22)26(30)32-3)19-8-4-6-10-21(19)27-24(16)17-12-14-18(31-2)15-13-17/h4-15H,1-3H3,(H,28,29). The van der Waals surface area contributed by atoms with E-state index in [1.54, 1.807) is 31.4 Å². The zero-order valence-corrected chi connectivity index (χ0v) is 18.0. The molecule has 4 aromatic rings. The summed E-state index contributed by atoms with van der Waals surface area (Å²) in [5.41, 5.74) is 4.19. The van der Waals surface area contributed by atoms with E-state index in [4.69, 9.17) is 14.5 Å². The minimum Gasteiger partial charge on any atom is -0.497 e. The van der Waals surface area contributed by atoms with Gasteiger partial charge in [0.1, 0.15) is 5.75 Å². The van der Waals surface area contributed by atoms with E-state index >= 15 is 0 Å². The Bertz CT molecular complexity index is 1310. The molecule has 0 spiro atoms. The number of nitrogens with zero attached hydrogens (tertiary/aromatic N) is 1. The second kappa shape index (κ2) is 8.89. The summed E-state index contributed by atoms with van der Waals surface area (Å²) >= 11 is 0. The van der Waals surface area contributed by atoms with Crippen LogP contribution in [0.5, 0.6) is 5.75 Å². The Kier molecular flexibility index (Phi) is 5.85. The SMILES string of the molecule is COC(=O)c1ccccc1NC(=O)c1c(C)c(-c2ccc(OC)cc2)nc2ccccc12. The van der Waals surface area contributed by atoms with Crippen LogP contribution in [0.25, 0.3) is 22.2 Å². The number of carbonyl (C=O) groups is 2. The highest BCUT2D eigenvalue weighted by Crippen LogP contribution is 2.31. The fourth-order valence-electron chi connectivity index (χ4n) is 3.69. The van der Waals surface area contributed by atoms with Gasteiger partial charge in [0.05, 0.1) is 42.2 Å². The molecule has 0 radical (unpaired) electrons. The van der Waals surface area contributed by atoms with Gasteiger partial charge in [0.25, 0.3) is 5.91 Å². The molecular formula is C26H22N2O4. The Hall–Kier alpha value is -4.19. The van der Waals surface area contributed by atoms with E-state index in [1.807, 2.05) is 55.5 Å². The summed E-state index contributed by atoms with van der Waals surface area (Å²) in [7, 11) is 2.92. The number of aromatic nitrogens is 1. The third-order valence-electron chi connectivity index (χ3n) is 5.31. The van der Waals surface area contributed by atoms with E-state index in [2.05, 4.69) is 5.32 Å². The van der Waals surface area contributed by atoms with Crippen LogP contribution in [0, 0.1) is 6.92 Å². The summed E-state index contributed by atoms with van der Waals surface area (Å²) in [5.74, 6) is -0.104. The minimum atomic E-state index is -0.517. The first-order chi connectivity index (χ1) is 15.5. The molecule has 0 saturated heterocycles. The van der Waals surface area contributed by atoms with Crippen molar-refractivity contribution in [2.24, 2.45) is 0 Å². The summed E-state index contributed by atoms with van der Waals surface area (Å²) in [6, 6.07) is 21.8. The maximum absolute atomic E-state index is 13.5. The van der Waals surface area contributed by atoms with E-state index in [1.165, 1.54) is 7.11 Å². The number of para-hydroxylation sites is 2. The molecule has 3 aromatic carbocycles. The van der Waals surface area contributed by atoms with Crippen LogP contribution < -0.4 is 10.1 Å². The Balaban J connectivity index is 1.84. The van der Waals surface area contributed by atoms with Gasteiger partial charge in [-0.05, 0) is 55.0 Å². The fraction of sp³-hybridized carbons (Fsp3) is 0.115. The molecule has 6 nitrogen and oxygen atoms in total. The maximum Gasteiger partial charge on any atom is 0.339 e. The highest BCUT2D eigenvalue weighted by molar-refractivity contribution is 6.15. The zero-order chi connectivity index (χ0) is 22.7. The third kappa shape index (κ3) is 3.90. The van der Waals surface area contributed by atoms with Gasteiger partial charge < -0.3 is 14.8 Å². The number of fused-ring (bicyclic) bond motifs is 1. The van der Waals surface area contributed by atoms with Crippen molar-refractivity contribution in [2.75, 3.05) is 19.5 Å². The molecule has 0 aliphatic rings. The highest BCUT2D eigenvalue weighted by Gasteiger charge is 2.21. The molecular weight excluding hydrogens is 404 g/mol. The van der Waals surface area contributed by atoms with Gasteiger partial charge in [0.2, 0.25) is 0 Å². The van der Waals surface area contributed by atoms with Crippen LogP contribution in [0.2, 0.25) is 0 Å². The monoisotopic (exact) mass is 426 g/mol. The topological polar surface area (TPSA) is 77.5 Å². The van der Waals surface area contributed by atoms with Gasteiger partial charge in [-0.25, -0.2) is 9.78 Å². The number of benzene rings is 3. The Morgan fingerprint density at radius 1 is 0.875 bits per heavy atom. The number of anilines is 1. The molecule has 0 fully saturated rings. The average Bonchev–Trinajstić information content (AvgIpc) is 2.83. The summed E-state index contributed by atoms with van der Waals surface area (Å²) in [5, 5.41) is 3.62. The molecule has 160 valence electrons. The molecule has 4 rings (SSSR count). The van der Waals surface area contributed by atoms with Crippen LogP contribution in [0.1, 0.15) is 26.3 Å². The van der Waals surface area contributed by atoms with Crippen molar-refractivity contribution < 1.29 is 19.1 Å². The van der Waals surface area contributed by atoms with Gasteiger partial charge in [-0.3, -0.25) is 4.79 Å². The molecule has 1 heterocycles. The second-order valence-corrected chi connectivity index (χ2v) is 7.20. The summed E-state index contributed by atoms with van der Waals surface area (Å²) in [6.45, 7) is 1.88. The maximum atomic E-state index is 13.5. The van der Waals surface area contributed by atoms with Crippen LogP contribution in [-0.4, -0.2) is 31.1 Å². The van der Waals surface area contributed by atoms with Crippen molar-refractivity contribution in [3.8, 4) is 17.0 Å². The number of amides is 1. The summed E-state index contributed by atoms with van der Waals surface area (Å²) < 4.78 is 10.1. The number of pyridine rings is 1. The summed E-state index contributed by atoms with van der Waals surface area (Å²) in [4.78, 5) is 30.4. The molecule has 32 heavy (non-hydrogen) atoms. The van der Waals surface area contributed by atoms with Gasteiger partial charge >= 0.3 is 5.97 Å². The predicted octanol–water partition coefficient (Wildman–Crippen LogP) is 5.26. The number of nitrogens with one attached hydrogen (secondary N) is 1. The molecule has 1 N–H and O–H groups in total. The molecule has 1 aromatic heterocycles. The number of ether oxygens (including phenoxy) is 2.